The first-order valence-electron chi connectivity index (χ1n) is 13.2. The lowest BCUT2D eigenvalue weighted by Crippen LogP contribution is -2.29. The molecule has 1 unspecified atom stereocenters. The summed E-state index contributed by atoms with van der Waals surface area (Å²) in [5.41, 5.74) is 2.97. The normalized spacial score (nSPS) is 16.1. The van der Waals surface area contributed by atoms with Crippen molar-refractivity contribution in [2.45, 2.75) is 33.4 Å². The molecule has 1 atom stereocenters. The number of carbonyl (C=O) groups excluding carboxylic acids is 3. The van der Waals surface area contributed by atoms with E-state index in [1.165, 1.54) is 12.1 Å². The van der Waals surface area contributed by atoms with E-state index in [4.69, 9.17) is 9.47 Å². The van der Waals surface area contributed by atoms with E-state index in [0.717, 1.165) is 27.4 Å². The number of carbonyl (C=O) groups is 3. The number of anilines is 1. The van der Waals surface area contributed by atoms with Crippen LogP contribution in [0, 0.1) is 13.8 Å². The van der Waals surface area contributed by atoms with E-state index in [1.807, 2.05) is 31.2 Å². The third-order valence-corrected chi connectivity index (χ3v) is 7.84. The molecule has 2 N–H and O–H groups in total. The fourth-order valence-corrected chi connectivity index (χ4v) is 5.73. The number of ether oxygens (including phenoxy) is 2. The third-order valence-electron chi connectivity index (χ3n) is 6.70. The Morgan fingerprint density at radius 3 is 2.45 bits per heavy atom. The van der Waals surface area contributed by atoms with Gasteiger partial charge in [-0.25, -0.2) is 9.78 Å². The van der Waals surface area contributed by atoms with Gasteiger partial charge in [0.2, 0.25) is 0 Å². The molecule has 2 heterocycles. The van der Waals surface area contributed by atoms with Gasteiger partial charge in [-0.15, -0.1) is 0 Å². The molecule has 1 aliphatic rings. The van der Waals surface area contributed by atoms with E-state index < -0.39 is 29.5 Å². The molecule has 214 valence electrons. The van der Waals surface area contributed by atoms with Gasteiger partial charge in [0, 0.05) is 5.56 Å². The molecule has 42 heavy (non-hydrogen) atoms. The molecule has 4 aromatic rings. The zero-order chi connectivity index (χ0) is 30.0. The van der Waals surface area contributed by atoms with Crippen molar-refractivity contribution in [2.24, 2.45) is 0 Å². The number of aliphatic hydroxyl groups excluding tert-OH is 1. The molecule has 1 aromatic heterocycles. The van der Waals surface area contributed by atoms with Crippen LogP contribution in [0.3, 0.4) is 0 Å². The molecule has 1 fully saturated rings. The van der Waals surface area contributed by atoms with E-state index in [9.17, 15) is 24.6 Å². The van der Waals surface area contributed by atoms with Gasteiger partial charge in [-0.1, -0.05) is 53.3 Å². The topological polar surface area (TPSA) is 126 Å². The molecular weight excluding hydrogens is 556 g/mol. The average molecular weight is 585 g/mol. The quantitative estimate of drug-likeness (QED) is 0.114. The number of hydrogen-bond acceptors (Lipinski definition) is 9. The van der Waals surface area contributed by atoms with E-state index in [0.29, 0.717) is 29.2 Å². The SMILES string of the molecule is CCOC(=O)c1sc(N2C(=O)C(=O)C(=C(O)c3ccc(OCc4cccc(C)c4)cc3)C2c2cccc(O)c2)nc1C. The number of phenolic OH excluding ortho intramolecular Hbond substituents is 1. The summed E-state index contributed by atoms with van der Waals surface area (Å²) in [5, 5.41) is 21.7. The standard InChI is InChI=1S/C32H28N2O7S/c1-4-40-31(39)29-19(3)33-32(42-29)34-26(22-9-6-10-23(35)16-22)25(28(37)30(34)38)27(36)21-11-13-24(14-12-21)41-17-20-8-5-7-18(2)15-20/h5-16,26,35-36H,4,17H2,1-3H3. The Morgan fingerprint density at radius 2 is 1.76 bits per heavy atom. The fourth-order valence-electron chi connectivity index (χ4n) is 4.74. The van der Waals surface area contributed by atoms with Gasteiger partial charge in [-0.05, 0) is 68.3 Å². The second-order valence-corrected chi connectivity index (χ2v) is 10.7. The maximum atomic E-state index is 13.4. The summed E-state index contributed by atoms with van der Waals surface area (Å²) in [4.78, 5) is 45.1. The first kappa shape index (κ1) is 28.6. The van der Waals surface area contributed by atoms with Crippen molar-refractivity contribution in [3.8, 4) is 11.5 Å². The molecule has 1 amide bonds. The van der Waals surface area contributed by atoms with Gasteiger partial charge < -0.3 is 19.7 Å². The van der Waals surface area contributed by atoms with Crippen molar-refractivity contribution >= 4 is 39.9 Å². The molecule has 9 nitrogen and oxygen atoms in total. The lowest BCUT2D eigenvalue weighted by Gasteiger charge is -2.23. The summed E-state index contributed by atoms with van der Waals surface area (Å²) >= 11 is 0.913. The number of esters is 1. The van der Waals surface area contributed by atoms with E-state index in [1.54, 1.807) is 50.2 Å². The van der Waals surface area contributed by atoms with E-state index in [-0.39, 0.29) is 27.9 Å². The highest BCUT2D eigenvalue weighted by Gasteiger charge is 2.48. The van der Waals surface area contributed by atoms with E-state index in [2.05, 4.69) is 4.98 Å². The second-order valence-electron chi connectivity index (χ2n) is 9.70. The van der Waals surface area contributed by atoms with Gasteiger partial charge >= 0.3 is 11.9 Å². The van der Waals surface area contributed by atoms with Crippen LogP contribution in [-0.4, -0.2) is 39.5 Å². The number of ketones is 1. The Morgan fingerprint density at radius 1 is 1.02 bits per heavy atom. The second kappa shape index (κ2) is 11.9. The highest BCUT2D eigenvalue weighted by molar-refractivity contribution is 7.17. The molecule has 5 rings (SSSR count). The summed E-state index contributed by atoms with van der Waals surface area (Å²) in [6.07, 6.45) is 0. The van der Waals surface area contributed by atoms with Crippen LogP contribution in [0.2, 0.25) is 0 Å². The number of rotatable bonds is 8. The van der Waals surface area contributed by atoms with Gasteiger partial charge in [0.25, 0.3) is 5.78 Å². The third kappa shape index (κ3) is 5.61. The smallest absolute Gasteiger partial charge is 0.350 e. The highest BCUT2D eigenvalue weighted by Crippen LogP contribution is 2.44. The molecule has 10 heteroatoms. The van der Waals surface area contributed by atoms with Crippen LogP contribution in [0.1, 0.15) is 50.6 Å². The predicted molar refractivity (Wildman–Crippen MR) is 158 cm³/mol. The van der Waals surface area contributed by atoms with Crippen molar-refractivity contribution in [3.63, 3.8) is 0 Å². The Kier molecular flexibility index (Phi) is 8.08. The van der Waals surface area contributed by atoms with Gasteiger partial charge in [0.1, 0.15) is 28.7 Å². The summed E-state index contributed by atoms with van der Waals surface area (Å²) in [6.45, 7) is 5.81. The van der Waals surface area contributed by atoms with Gasteiger partial charge in [0.05, 0.1) is 23.9 Å². The number of hydrogen-bond donors (Lipinski definition) is 2. The molecule has 0 radical (unpaired) electrons. The summed E-state index contributed by atoms with van der Waals surface area (Å²) in [5.74, 6) is -2.36. The van der Waals surface area contributed by atoms with E-state index >= 15 is 0 Å². The van der Waals surface area contributed by atoms with Gasteiger partial charge in [-0.3, -0.25) is 14.5 Å². The van der Waals surface area contributed by atoms with Gasteiger partial charge in [-0.2, -0.15) is 0 Å². The van der Waals surface area contributed by atoms with Crippen molar-refractivity contribution in [1.29, 1.82) is 0 Å². The van der Waals surface area contributed by atoms with Crippen LogP contribution in [0.4, 0.5) is 5.13 Å². The van der Waals surface area contributed by atoms with Gasteiger partial charge in [0.15, 0.2) is 5.13 Å². The first-order chi connectivity index (χ1) is 20.2. The number of aryl methyl sites for hydroxylation is 2. The number of aromatic nitrogens is 1. The number of benzene rings is 3. The summed E-state index contributed by atoms with van der Waals surface area (Å²) in [6, 6.07) is 19.4. The molecule has 3 aromatic carbocycles. The molecular formula is C32H28N2O7S. The molecule has 1 saturated heterocycles. The molecule has 1 aliphatic heterocycles. The van der Waals surface area contributed by atoms with Crippen LogP contribution < -0.4 is 9.64 Å². The fraction of sp³-hybridized carbons (Fsp3) is 0.188. The maximum Gasteiger partial charge on any atom is 0.350 e. The van der Waals surface area contributed by atoms with Crippen molar-refractivity contribution in [1.82, 2.24) is 4.98 Å². The van der Waals surface area contributed by atoms with Crippen LogP contribution in [0.25, 0.3) is 5.76 Å². The molecule has 0 spiro atoms. The number of Topliss-reactive ketones (excluding diaryl/α,β-unsaturated/α-hetero) is 1. The first-order valence-corrected chi connectivity index (χ1v) is 14.0. The number of thiazole rings is 1. The number of amides is 1. The highest BCUT2D eigenvalue weighted by atomic mass is 32.1. The Hall–Kier alpha value is -4.96. The maximum absolute atomic E-state index is 13.4. The molecule has 0 bridgehead atoms. The van der Waals surface area contributed by atoms with Crippen LogP contribution in [-0.2, 0) is 20.9 Å². The summed E-state index contributed by atoms with van der Waals surface area (Å²) in [7, 11) is 0. The lowest BCUT2D eigenvalue weighted by atomic mass is 9.95. The minimum absolute atomic E-state index is 0.0873. The average Bonchev–Trinajstić information content (AvgIpc) is 3.48. The number of aliphatic hydroxyl groups is 1. The van der Waals surface area contributed by atoms with Crippen molar-refractivity contribution in [2.75, 3.05) is 11.5 Å². The minimum Gasteiger partial charge on any atom is -0.508 e. The minimum atomic E-state index is -1.12. The van der Waals surface area contributed by atoms with Crippen LogP contribution >= 0.6 is 11.3 Å². The molecule has 0 saturated carbocycles. The van der Waals surface area contributed by atoms with Crippen LogP contribution in [0.5, 0.6) is 11.5 Å². The monoisotopic (exact) mass is 584 g/mol. The predicted octanol–water partition coefficient (Wildman–Crippen LogP) is 5.85. The number of aromatic hydroxyl groups is 1. The number of phenols is 1. The summed E-state index contributed by atoms with van der Waals surface area (Å²) < 4.78 is 11.0. The van der Waals surface area contributed by atoms with Crippen molar-refractivity contribution < 1.29 is 34.1 Å². The lowest BCUT2D eigenvalue weighted by molar-refractivity contribution is -0.132. The number of nitrogens with zero attached hydrogens (tertiary/aromatic N) is 2. The largest absolute Gasteiger partial charge is 0.508 e. The van der Waals surface area contributed by atoms with Crippen LogP contribution in [0.15, 0.2) is 78.4 Å². The zero-order valence-electron chi connectivity index (χ0n) is 23.2. The Bertz CT molecular complexity index is 1710. The Balaban J connectivity index is 1.52. The zero-order valence-corrected chi connectivity index (χ0v) is 24.0. The Labute approximate surface area is 246 Å². The van der Waals surface area contributed by atoms with Crippen molar-refractivity contribution in [3.05, 3.63) is 111 Å². The molecule has 0 aliphatic carbocycles.